The molecule has 0 saturated heterocycles. The van der Waals surface area contributed by atoms with Crippen molar-refractivity contribution in [2.75, 3.05) is 10.6 Å². The molecule has 1 aliphatic rings. The average molecular weight is 420 g/mol. The summed E-state index contributed by atoms with van der Waals surface area (Å²) in [7, 11) is 0. The third kappa shape index (κ3) is 2.69. The fraction of sp³-hybridized carbons (Fsp3) is 0.115. The van der Waals surface area contributed by atoms with Crippen LogP contribution in [0.2, 0.25) is 0 Å². The van der Waals surface area contributed by atoms with Crippen LogP contribution in [0.4, 0.5) is 11.4 Å². The predicted octanol–water partition coefficient (Wildman–Crippen LogP) is 5.01. The van der Waals surface area contributed by atoms with Gasteiger partial charge in [0.2, 0.25) is 11.8 Å². The van der Waals surface area contributed by atoms with Crippen LogP contribution in [0.25, 0.3) is 27.3 Å². The lowest BCUT2D eigenvalue weighted by Crippen LogP contribution is -2.30. The molecule has 5 aromatic rings. The van der Waals surface area contributed by atoms with Gasteiger partial charge in [-0.1, -0.05) is 54.6 Å². The van der Waals surface area contributed by atoms with Gasteiger partial charge in [-0.05, 0) is 30.7 Å². The summed E-state index contributed by atoms with van der Waals surface area (Å²) in [6, 6.07) is 23.4. The van der Waals surface area contributed by atoms with E-state index < -0.39 is 5.92 Å². The fourth-order valence-electron chi connectivity index (χ4n) is 4.81. The van der Waals surface area contributed by atoms with E-state index in [1.54, 1.807) is 0 Å². The van der Waals surface area contributed by atoms with Crippen molar-refractivity contribution in [3.8, 4) is 0 Å². The molecular weight excluding hydrogens is 400 g/mol. The van der Waals surface area contributed by atoms with E-state index in [-0.39, 0.29) is 18.2 Å². The fourth-order valence-corrected chi connectivity index (χ4v) is 4.81. The zero-order chi connectivity index (χ0) is 21.8. The lowest BCUT2D eigenvalue weighted by atomic mass is 9.89. The molecule has 6 heteroatoms. The zero-order valence-corrected chi connectivity index (χ0v) is 17.4. The molecule has 156 valence electrons. The van der Waals surface area contributed by atoms with Gasteiger partial charge in [-0.25, -0.2) is 4.98 Å². The second kappa shape index (κ2) is 6.92. The first-order chi connectivity index (χ1) is 15.6. The lowest BCUT2D eigenvalue weighted by molar-refractivity contribution is -0.123. The summed E-state index contributed by atoms with van der Waals surface area (Å²) >= 11 is 0. The maximum Gasteiger partial charge on any atom is 0.232 e. The Morgan fingerprint density at radius 3 is 2.59 bits per heavy atom. The van der Waals surface area contributed by atoms with E-state index in [0.717, 1.165) is 44.4 Å². The minimum Gasteiger partial charge on any atom is -0.326 e. The Labute approximate surface area is 183 Å². The minimum atomic E-state index is -0.553. The van der Waals surface area contributed by atoms with Gasteiger partial charge in [0.15, 0.2) is 0 Å². The van der Waals surface area contributed by atoms with Gasteiger partial charge < -0.3 is 10.6 Å². The standard InChI is InChI=1S/C26H20N4O2/c1-15-27-21-12-6-3-9-17(21)25-24(18-10-4-7-13-22(18)30(15)25)29-26(32)19-14-23(31)28-20-11-5-2-8-16(19)20/h2-13,19H,14H2,1H3,(H,28,31)(H,29,32). The van der Waals surface area contributed by atoms with Crippen LogP contribution >= 0.6 is 0 Å². The number of anilines is 2. The van der Waals surface area contributed by atoms with Gasteiger partial charge >= 0.3 is 0 Å². The number of nitrogens with zero attached hydrogens (tertiary/aromatic N) is 2. The van der Waals surface area contributed by atoms with Crippen molar-refractivity contribution in [1.29, 1.82) is 0 Å². The summed E-state index contributed by atoms with van der Waals surface area (Å²) in [5.74, 6) is -0.0503. The summed E-state index contributed by atoms with van der Waals surface area (Å²) in [5, 5.41) is 7.96. The van der Waals surface area contributed by atoms with Crippen LogP contribution < -0.4 is 10.6 Å². The largest absolute Gasteiger partial charge is 0.326 e. The van der Waals surface area contributed by atoms with E-state index in [4.69, 9.17) is 4.98 Å². The van der Waals surface area contributed by atoms with E-state index in [1.165, 1.54) is 0 Å². The van der Waals surface area contributed by atoms with Gasteiger partial charge in [0.1, 0.15) is 5.82 Å². The lowest BCUT2D eigenvalue weighted by Gasteiger charge is -2.24. The number of aromatic nitrogens is 2. The number of hydrogen-bond acceptors (Lipinski definition) is 3. The maximum atomic E-state index is 13.6. The zero-order valence-electron chi connectivity index (χ0n) is 17.4. The van der Waals surface area contributed by atoms with E-state index in [0.29, 0.717) is 5.69 Å². The molecule has 32 heavy (non-hydrogen) atoms. The molecule has 2 amide bonds. The summed E-state index contributed by atoms with van der Waals surface area (Å²) in [6.45, 7) is 1.97. The van der Waals surface area contributed by atoms with Crippen LogP contribution in [-0.2, 0) is 9.59 Å². The molecule has 6 rings (SSSR count). The van der Waals surface area contributed by atoms with Crippen molar-refractivity contribution in [3.63, 3.8) is 0 Å². The maximum absolute atomic E-state index is 13.6. The summed E-state index contributed by atoms with van der Waals surface area (Å²) in [4.78, 5) is 30.6. The van der Waals surface area contributed by atoms with Gasteiger partial charge in [0, 0.05) is 22.9 Å². The van der Waals surface area contributed by atoms with Gasteiger partial charge in [0.05, 0.1) is 28.2 Å². The van der Waals surface area contributed by atoms with Crippen LogP contribution in [0.3, 0.4) is 0 Å². The number of amides is 2. The molecule has 2 N–H and O–H groups in total. The van der Waals surface area contributed by atoms with Crippen molar-refractivity contribution in [3.05, 3.63) is 84.2 Å². The first kappa shape index (κ1) is 18.6. The molecule has 1 aliphatic heterocycles. The summed E-state index contributed by atoms with van der Waals surface area (Å²) in [6.07, 6.45) is 0.119. The highest BCUT2D eigenvalue weighted by Crippen LogP contribution is 2.38. The number of nitrogens with one attached hydrogen (secondary N) is 2. The number of para-hydroxylation sites is 3. The number of aryl methyl sites for hydroxylation is 1. The highest BCUT2D eigenvalue weighted by atomic mass is 16.2. The Kier molecular flexibility index (Phi) is 4.01. The summed E-state index contributed by atoms with van der Waals surface area (Å²) in [5.41, 5.74) is 5.04. The quantitative estimate of drug-likeness (QED) is 0.421. The van der Waals surface area contributed by atoms with Crippen molar-refractivity contribution in [2.45, 2.75) is 19.3 Å². The summed E-state index contributed by atoms with van der Waals surface area (Å²) < 4.78 is 2.09. The van der Waals surface area contributed by atoms with E-state index in [1.807, 2.05) is 79.7 Å². The first-order valence-corrected chi connectivity index (χ1v) is 10.6. The molecule has 1 atom stereocenters. The predicted molar refractivity (Wildman–Crippen MR) is 126 cm³/mol. The Morgan fingerprint density at radius 2 is 1.72 bits per heavy atom. The van der Waals surface area contributed by atoms with Crippen LogP contribution in [0.5, 0.6) is 0 Å². The second-order valence-corrected chi connectivity index (χ2v) is 8.13. The van der Waals surface area contributed by atoms with E-state index in [9.17, 15) is 9.59 Å². The molecular formula is C26H20N4O2. The number of rotatable bonds is 2. The van der Waals surface area contributed by atoms with E-state index >= 15 is 0 Å². The molecule has 0 bridgehead atoms. The second-order valence-electron chi connectivity index (χ2n) is 8.13. The number of fused-ring (bicyclic) bond motifs is 6. The highest BCUT2D eigenvalue weighted by Gasteiger charge is 2.31. The normalized spacial score (nSPS) is 15.7. The number of carbonyl (C=O) groups excluding carboxylic acids is 2. The number of hydrogen-bond donors (Lipinski definition) is 2. The molecule has 0 fully saturated rings. The third-order valence-electron chi connectivity index (χ3n) is 6.20. The molecule has 3 aromatic carbocycles. The smallest absolute Gasteiger partial charge is 0.232 e. The van der Waals surface area contributed by atoms with Crippen molar-refractivity contribution in [1.82, 2.24) is 9.38 Å². The highest BCUT2D eigenvalue weighted by molar-refractivity contribution is 6.17. The minimum absolute atomic E-state index is 0.119. The molecule has 0 spiro atoms. The average Bonchev–Trinajstić information content (AvgIpc) is 3.13. The number of benzene rings is 3. The molecule has 3 heterocycles. The Bertz CT molecular complexity index is 1570. The van der Waals surface area contributed by atoms with Crippen molar-refractivity contribution in [2.24, 2.45) is 0 Å². The molecule has 0 saturated carbocycles. The molecule has 0 aliphatic carbocycles. The van der Waals surface area contributed by atoms with Gasteiger partial charge in [0.25, 0.3) is 0 Å². The molecule has 2 aromatic heterocycles. The van der Waals surface area contributed by atoms with Crippen LogP contribution in [-0.4, -0.2) is 21.2 Å². The van der Waals surface area contributed by atoms with Gasteiger partial charge in [-0.15, -0.1) is 0 Å². The van der Waals surface area contributed by atoms with Crippen LogP contribution in [0, 0.1) is 6.92 Å². The molecule has 1 unspecified atom stereocenters. The SMILES string of the molecule is Cc1nc2ccccc2c2c(NC(=O)C3CC(=O)Nc4ccccc43)c3ccccc3n12. The van der Waals surface area contributed by atoms with E-state index in [2.05, 4.69) is 15.0 Å². The monoisotopic (exact) mass is 420 g/mol. The number of carbonyl (C=O) groups is 2. The Morgan fingerprint density at radius 1 is 1.00 bits per heavy atom. The third-order valence-corrected chi connectivity index (χ3v) is 6.20. The Balaban J connectivity index is 1.57. The topological polar surface area (TPSA) is 75.5 Å². The Hall–Kier alpha value is -4.19. The van der Waals surface area contributed by atoms with Crippen molar-refractivity contribution >= 4 is 50.5 Å². The first-order valence-electron chi connectivity index (χ1n) is 10.6. The molecule has 6 nitrogen and oxygen atoms in total. The van der Waals surface area contributed by atoms with Crippen LogP contribution in [0.1, 0.15) is 23.7 Å². The van der Waals surface area contributed by atoms with Gasteiger partial charge in [-0.3, -0.25) is 14.0 Å². The van der Waals surface area contributed by atoms with Crippen LogP contribution in [0.15, 0.2) is 72.8 Å². The van der Waals surface area contributed by atoms with Crippen molar-refractivity contribution < 1.29 is 9.59 Å². The van der Waals surface area contributed by atoms with Gasteiger partial charge in [-0.2, -0.15) is 0 Å². The molecule has 0 radical (unpaired) electrons.